The number of benzene rings is 2. The average Bonchev–Trinajstić information content (AvgIpc) is 2.59. The maximum absolute atomic E-state index is 11.2. The second kappa shape index (κ2) is 9.05. The lowest BCUT2D eigenvalue weighted by molar-refractivity contribution is 0.000598. The molecule has 2 rings (SSSR count). The summed E-state index contributed by atoms with van der Waals surface area (Å²) in [6.45, 7) is 7.07. The van der Waals surface area contributed by atoms with Gasteiger partial charge in [0, 0.05) is 12.0 Å². The fourth-order valence-electron chi connectivity index (χ4n) is 2.15. The highest BCUT2D eigenvalue weighted by Gasteiger charge is 2.08. The van der Waals surface area contributed by atoms with E-state index in [0.717, 1.165) is 11.1 Å². The molecule has 0 aliphatic carbocycles. The van der Waals surface area contributed by atoms with Crippen molar-refractivity contribution < 1.29 is 17.9 Å². The Hall–Kier alpha value is -2.33. The average molecular weight is 388 g/mol. The predicted octanol–water partition coefficient (Wildman–Crippen LogP) is 3.47. The molecule has 0 saturated carbocycles. The zero-order valence-electron chi connectivity index (χ0n) is 15.9. The summed E-state index contributed by atoms with van der Waals surface area (Å²) >= 11 is 0. The molecule has 0 atom stereocenters. The largest absolute Gasteiger partial charge is 0.489 e. The van der Waals surface area contributed by atoms with E-state index in [-0.39, 0.29) is 10.5 Å². The first kappa shape index (κ1) is 21.0. The molecular weight excluding hydrogens is 362 g/mol. The summed E-state index contributed by atoms with van der Waals surface area (Å²) in [4.78, 5) is 0.0608. The summed E-state index contributed by atoms with van der Waals surface area (Å²) < 4.78 is 33.7. The van der Waals surface area contributed by atoms with E-state index in [9.17, 15) is 8.42 Å². The Labute approximate surface area is 161 Å². The summed E-state index contributed by atoms with van der Waals surface area (Å²) in [6, 6.07) is 13.8. The van der Waals surface area contributed by atoms with Crippen LogP contribution in [0, 0.1) is 11.8 Å². The summed E-state index contributed by atoms with van der Waals surface area (Å²) in [7, 11) is -3.69. The van der Waals surface area contributed by atoms with Gasteiger partial charge in [-0.1, -0.05) is 24.0 Å². The Morgan fingerprint density at radius 1 is 1.00 bits per heavy atom. The van der Waals surface area contributed by atoms with Crippen LogP contribution in [0.4, 0.5) is 0 Å². The van der Waals surface area contributed by atoms with Crippen LogP contribution in [0.15, 0.2) is 53.4 Å². The molecule has 0 heterocycles. The van der Waals surface area contributed by atoms with Crippen LogP contribution in [0.3, 0.4) is 0 Å². The molecule has 2 aromatic rings. The molecular formula is C21H25NO4S. The Morgan fingerprint density at radius 3 is 2.19 bits per heavy atom. The molecule has 27 heavy (non-hydrogen) atoms. The van der Waals surface area contributed by atoms with Crippen molar-refractivity contribution in [2.24, 2.45) is 5.14 Å². The molecule has 0 aromatic heterocycles. The van der Waals surface area contributed by atoms with Gasteiger partial charge in [-0.05, 0) is 62.7 Å². The van der Waals surface area contributed by atoms with Crippen molar-refractivity contribution in [3.05, 3.63) is 59.7 Å². The number of hydrogen-bond donors (Lipinski definition) is 1. The van der Waals surface area contributed by atoms with Crippen LogP contribution in [-0.2, 0) is 21.4 Å². The Kier molecular flexibility index (Phi) is 7.03. The van der Waals surface area contributed by atoms with E-state index < -0.39 is 10.0 Å². The van der Waals surface area contributed by atoms with Crippen molar-refractivity contribution in [3.8, 4) is 17.6 Å². The van der Waals surface area contributed by atoms with Crippen LogP contribution >= 0.6 is 0 Å². The summed E-state index contributed by atoms with van der Waals surface area (Å²) in [5.41, 5.74) is 1.79. The van der Waals surface area contributed by atoms with Crippen LogP contribution < -0.4 is 9.88 Å². The van der Waals surface area contributed by atoms with Gasteiger partial charge in [-0.2, -0.15) is 0 Å². The summed E-state index contributed by atoms with van der Waals surface area (Å²) in [6.07, 6.45) is 0.691. The smallest absolute Gasteiger partial charge is 0.238 e. The van der Waals surface area contributed by atoms with E-state index in [1.54, 1.807) is 12.1 Å². The molecule has 2 N–H and O–H groups in total. The minimum absolute atomic E-state index is 0.0608. The SMILES string of the molecule is CC(C)(C)OCCC#Cc1ccc(COc2ccc(S(N)(=O)=O)cc2)cc1. The zero-order chi connectivity index (χ0) is 19.9. The first-order valence-electron chi connectivity index (χ1n) is 8.61. The third-order valence-electron chi connectivity index (χ3n) is 3.51. The fourth-order valence-corrected chi connectivity index (χ4v) is 2.66. The highest BCUT2D eigenvalue weighted by Crippen LogP contribution is 2.16. The molecule has 0 radical (unpaired) electrons. The number of hydrogen-bond acceptors (Lipinski definition) is 4. The predicted molar refractivity (Wildman–Crippen MR) is 106 cm³/mol. The topological polar surface area (TPSA) is 78.6 Å². The van der Waals surface area contributed by atoms with Crippen LogP contribution in [0.5, 0.6) is 5.75 Å². The number of rotatable bonds is 6. The second-order valence-corrected chi connectivity index (χ2v) is 8.58. The highest BCUT2D eigenvalue weighted by molar-refractivity contribution is 7.89. The molecule has 0 aliphatic heterocycles. The molecule has 5 nitrogen and oxygen atoms in total. The molecule has 0 spiro atoms. The Balaban J connectivity index is 1.84. The maximum Gasteiger partial charge on any atom is 0.238 e. The molecule has 0 saturated heterocycles. The number of sulfonamides is 1. The van der Waals surface area contributed by atoms with E-state index >= 15 is 0 Å². The normalized spacial score (nSPS) is 11.6. The van der Waals surface area contributed by atoms with Crippen molar-refractivity contribution in [1.29, 1.82) is 0 Å². The standard InChI is InChI=1S/C21H25NO4S/c1-21(2,3)26-15-5-4-6-17-7-9-18(10-8-17)16-25-19-11-13-20(14-12-19)27(22,23)24/h7-14H,5,15-16H2,1-3H3,(H2,22,23,24). The first-order valence-corrected chi connectivity index (χ1v) is 10.2. The van der Waals surface area contributed by atoms with Crippen molar-refractivity contribution in [2.45, 2.75) is 44.3 Å². The minimum Gasteiger partial charge on any atom is -0.489 e. The molecule has 0 amide bonds. The lowest BCUT2D eigenvalue weighted by Crippen LogP contribution is -2.19. The van der Waals surface area contributed by atoms with Gasteiger partial charge in [0.25, 0.3) is 0 Å². The lowest BCUT2D eigenvalue weighted by atomic mass is 10.1. The Morgan fingerprint density at radius 2 is 1.63 bits per heavy atom. The lowest BCUT2D eigenvalue weighted by Gasteiger charge is -2.18. The van der Waals surface area contributed by atoms with Crippen molar-refractivity contribution in [1.82, 2.24) is 0 Å². The van der Waals surface area contributed by atoms with Crippen LogP contribution in [0.25, 0.3) is 0 Å². The fraction of sp³-hybridized carbons (Fsp3) is 0.333. The Bertz CT molecular complexity index is 900. The van der Waals surface area contributed by atoms with Crippen LogP contribution in [0.2, 0.25) is 0 Å². The molecule has 0 fully saturated rings. The zero-order valence-corrected chi connectivity index (χ0v) is 16.7. The third kappa shape index (κ3) is 7.83. The van der Waals surface area contributed by atoms with Gasteiger partial charge in [0.15, 0.2) is 0 Å². The monoisotopic (exact) mass is 387 g/mol. The van der Waals surface area contributed by atoms with Gasteiger partial charge < -0.3 is 9.47 Å². The summed E-state index contributed by atoms with van der Waals surface area (Å²) in [5, 5.41) is 5.07. The van der Waals surface area contributed by atoms with Gasteiger partial charge in [-0.3, -0.25) is 0 Å². The molecule has 144 valence electrons. The molecule has 6 heteroatoms. The second-order valence-electron chi connectivity index (χ2n) is 7.01. The van der Waals surface area contributed by atoms with Crippen LogP contribution in [0.1, 0.15) is 38.3 Å². The van der Waals surface area contributed by atoms with Crippen LogP contribution in [-0.4, -0.2) is 20.6 Å². The van der Waals surface area contributed by atoms with Gasteiger partial charge in [0.2, 0.25) is 10.0 Å². The van der Waals surface area contributed by atoms with Crippen molar-refractivity contribution >= 4 is 10.0 Å². The van der Waals surface area contributed by atoms with Gasteiger partial charge in [-0.15, -0.1) is 0 Å². The highest BCUT2D eigenvalue weighted by atomic mass is 32.2. The minimum atomic E-state index is -3.69. The van der Waals surface area contributed by atoms with Crippen molar-refractivity contribution in [2.75, 3.05) is 6.61 Å². The number of nitrogens with two attached hydrogens (primary N) is 1. The van der Waals surface area contributed by atoms with E-state index in [1.807, 2.05) is 45.0 Å². The molecule has 0 unspecified atom stereocenters. The molecule has 0 aliphatic rings. The number of ether oxygens (including phenoxy) is 2. The van der Waals surface area contributed by atoms with Gasteiger partial charge in [-0.25, -0.2) is 13.6 Å². The molecule has 2 aromatic carbocycles. The van der Waals surface area contributed by atoms with E-state index in [2.05, 4.69) is 11.8 Å². The quantitative estimate of drug-likeness (QED) is 0.608. The van der Waals surface area contributed by atoms with Gasteiger partial charge in [0.1, 0.15) is 12.4 Å². The first-order chi connectivity index (χ1) is 12.6. The summed E-state index contributed by atoms with van der Waals surface area (Å²) in [5.74, 6) is 6.79. The van der Waals surface area contributed by atoms with Crippen molar-refractivity contribution in [3.63, 3.8) is 0 Å². The maximum atomic E-state index is 11.2. The van der Waals surface area contributed by atoms with E-state index in [1.165, 1.54) is 12.1 Å². The van der Waals surface area contributed by atoms with E-state index in [0.29, 0.717) is 25.4 Å². The molecule has 0 bridgehead atoms. The third-order valence-corrected chi connectivity index (χ3v) is 4.44. The van der Waals surface area contributed by atoms with E-state index in [4.69, 9.17) is 14.6 Å². The van der Waals surface area contributed by atoms with Gasteiger partial charge in [0.05, 0.1) is 17.1 Å². The number of primary sulfonamides is 1. The van der Waals surface area contributed by atoms with Gasteiger partial charge >= 0.3 is 0 Å².